The summed E-state index contributed by atoms with van der Waals surface area (Å²) in [6.45, 7) is 0. The van der Waals surface area contributed by atoms with Crippen LogP contribution in [0.4, 0.5) is 22.0 Å². The fourth-order valence-electron chi connectivity index (χ4n) is 2.03. The van der Waals surface area contributed by atoms with E-state index in [4.69, 9.17) is 0 Å². The van der Waals surface area contributed by atoms with E-state index >= 15 is 0 Å². The van der Waals surface area contributed by atoms with Gasteiger partial charge in [0.2, 0.25) is 0 Å². The van der Waals surface area contributed by atoms with Gasteiger partial charge in [-0.15, -0.1) is 13.2 Å². The van der Waals surface area contributed by atoms with Crippen LogP contribution < -0.4 is 4.74 Å². The van der Waals surface area contributed by atoms with Crippen LogP contribution in [0.2, 0.25) is 0 Å². The zero-order chi connectivity index (χ0) is 15.9. The number of aromatic nitrogens is 2. The number of ether oxygens (including phenoxy) is 1. The molecule has 0 radical (unpaired) electrons. The van der Waals surface area contributed by atoms with Gasteiger partial charge in [-0.1, -0.05) is 12.1 Å². The summed E-state index contributed by atoms with van der Waals surface area (Å²) in [7, 11) is 0. The van der Waals surface area contributed by atoms with Crippen LogP contribution >= 0.6 is 0 Å². The van der Waals surface area contributed by atoms with Crippen molar-refractivity contribution in [3.8, 4) is 17.1 Å². The molecule has 1 N–H and O–H groups in total. The Hall–Kier alpha value is -2.64. The highest BCUT2D eigenvalue weighted by Crippen LogP contribution is 2.33. The third-order valence-electron chi connectivity index (χ3n) is 2.91. The summed E-state index contributed by atoms with van der Waals surface area (Å²) in [4.78, 5) is 6.63. The molecule has 0 spiro atoms. The van der Waals surface area contributed by atoms with Gasteiger partial charge in [-0.2, -0.15) is 0 Å². The lowest BCUT2D eigenvalue weighted by Gasteiger charge is -2.11. The number of rotatable bonds is 2. The average Bonchev–Trinajstić information content (AvgIpc) is 2.84. The molecule has 22 heavy (non-hydrogen) atoms. The van der Waals surface area contributed by atoms with Crippen molar-refractivity contribution in [3.63, 3.8) is 0 Å². The molecule has 2 aromatic carbocycles. The van der Waals surface area contributed by atoms with Crippen LogP contribution in [0.5, 0.6) is 5.75 Å². The quantitative estimate of drug-likeness (QED) is 0.712. The smallest absolute Gasteiger partial charge is 0.403 e. The number of hydrogen-bond donors (Lipinski definition) is 1. The Balaban J connectivity index is 2.15. The zero-order valence-electron chi connectivity index (χ0n) is 10.7. The molecule has 8 heteroatoms. The minimum atomic E-state index is -5.08. The summed E-state index contributed by atoms with van der Waals surface area (Å²) in [5.74, 6) is -3.87. The maximum Gasteiger partial charge on any atom is 0.573 e. The molecule has 0 bridgehead atoms. The number of hydrogen-bond acceptors (Lipinski definition) is 2. The number of benzene rings is 2. The van der Waals surface area contributed by atoms with Gasteiger partial charge in [0.25, 0.3) is 0 Å². The molecular weight excluding hydrogens is 307 g/mol. The lowest BCUT2D eigenvalue weighted by atomic mass is 10.1. The molecule has 0 amide bonds. The molecule has 0 saturated carbocycles. The molecule has 0 fully saturated rings. The van der Waals surface area contributed by atoms with Crippen LogP contribution in [-0.2, 0) is 0 Å². The molecule has 3 aromatic rings. The summed E-state index contributed by atoms with van der Waals surface area (Å²) in [5, 5.41) is 0. The maximum atomic E-state index is 14.2. The van der Waals surface area contributed by atoms with Crippen molar-refractivity contribution in [2.24, 2.45) is 0 Å². The molecule has 0 aliphatic carbocycles. The number of para-hydroxylation sites is 2. The highest BCUT2D eigenvalue weighted by atomic mass is 19.4. The normalized spacial score (nSPS) is 11.9. The van der Waals surface area contributed by atoms with E-state index in [1.54, 1.807) is 24.3 Å². The molecule has 114 valence electrons. The van der Waals surface area contributed by atoms with Gasteiger partial charge >= 0.3 is 6.36 Å². The molecule has 1 heterocycles. The second-order valence-electron chi connectivity index (χ2n) is 4.38. The molecule has 0 saturated heterocycles. The lowest BCUT2D eigenvalue weighted by molar-refractivity contribution is -0.275. The van der Waals surface area contributed by atoms with E-state index in [1.165, 1.54) is 0 Å². The van der Waals surface area contributed by atoms with Gasteiger partial charge in [-0.05, 0) is 24.3 Å². The molecule has 1 aromatic heterocycles. The molecule has 0 atom stereocenters. The van der Waals surface area contributed by atoms with Crippen molar-refractivity contribution in [2.75, 3.05) is 0 Å². The summed E-state index contributed by atoms with van der Waals surface area (Å²) in [6, 6.07) is 7.83. The third-order valence-corrected chi connectivity index (χ3v) is 2.91. The molecule has 3 rings (SSSR count). The van der Waals surface area contributed by atoms with E-state index in [0.717, 1.165) is 0 Å². The Kier molecular flexibility index (Phi) is 3.23. The second-order valence-corrected chi connectivity index (χ2v) is 4.38. The predicted octanol–water partition coefficient (Wildman–Crippen LogP) is 4.41. The number of nitrogens with one attached hydrogen (secondary N) is 1. The zero-order valence-corrected chi connectivity index (χ0v) is 10.7. The Morgan fingerprint density at radius 1 is 1.00 bits per heavy atom. The monoisotopic (exact) mass is 314 g/mol. The van der Waals surface area contributed by atoms with E-state index in [1.807, 2.05) is 0 Å². The van der Waals surface area contributed by atoms with E-state index in [9.17, 15) is 22.0 Å². The number of H-pyrrole nitrogens is 1. The number of alkyl halides is 3. The fraction of sp³-hybridized carbons (Fsp3) is 0.0714. The Labute approximate surface area is 120 Å². The third kappa shape index (κ3) is 2.59. The summed E-state index contributed by atoms with van der Waals surface area (Å²) >= 11 is 0. The number of imidazole rings is 1. The minimum absolute atomic E-state index is 0.219. The Morgan fingerprint density at radius 3 is 2.41 bits per heavy atom. The van der Waals surface area contributed by atoms with E-state index in [2.05, 4.69) is 14.7 Å². The largest absolute Gasteiger partial charge is 0.573 e. The van der Waals surface area contributed by atoms with Crippen molar-refractivity contribution < 1.29 is 26.7 Å². The number of fused-ring (bicyclic) bond motifs is 1. The van der Waals surface area contributed by atoms with E-state index in [-0.39, 0.29) is 5.82 Å². The van der Waals surface area contributed by atoms with Crippen LogP contribution in [0.3, 0.4) is 0 Å². The van der Waals surface area contributed by atoms with Gasteiger partial charge in [0, 0.05) is 0 Å². The first-order chi connectivity index (χ1) is 10.3. The standard InChI is InChI=1S/C14H7F5N2O/c15-7-5-6-10(22-14(17,18)19)12(16)11(7)13-20-8-3-1-2-4-9(8)21-13/h1-6H,(H,20,21). The molecule has 3 nitrogen and oxygen atoms in total. The van der Waals surface area contributed by atoms with Gasteiger partial charge < -0.3 is 9.72 Å². The Morgan fingerprint density at radius 2 is 1.73 bits per heavy atom. The first kappa shape index (κ1) is 14.3. The maximum absolute atomic E-state index is 14.2. The van der Waals surface area contributed by atoms with Crippen molar-refractivity contribution in [2.45, 2.75) is 6.36 Å². The summed E-state index contributed by atoms with van der Waals surface area (Å²) in [6.07, 6.45) is -5.08. The highest BCUT2D eigenvalue weighted by Gasteiger charge is 2.33. The van der Waals surface area contributed by atoms with E-state index < -0.39 is 29.3 Å². The van der Waals surface area contributed by atoms with Gasteiger partial charge in [0.1, 0.15) is 11.6 Å². The van der Waals surface area contributed by atoms with Crippen LogP contribution in [0.15, 0.2) is 36.4 Å². The topological polar surface area (TPSA) is 37.9 Å². The highest BCUT2D eigenvalue weighted by molar-refractivity contribution is 5.79. The first-order valence-electron chi connectivity index (χ1n) is 6.04. The van der Waals surface area contributed by atoms with E-state index in [0.29, 0.717) is 23.2 Å². The number of aromatic amines is 1. The van der Waals surface area contributed by atoms with Gasteiger partial charge in [0.05, 0.1) is 16.6 Å². The van der Waals surface area contributed by atoms with Crippen molar-refractivity contribution in [1.29, 1.82) is 0 Å². The molecule has 0 unspecified atom stereocenters. The van der Waals surface area contributed by atoms with Crippen LogP contribution in [-0.4, -0.2) is 16.3 Å². The van der Waals surface area contributed by atoms with Crippen LogP contribution in [0.1, 0.15) is 0 Å². The van der Waals surface area contributed by atoms with Crippen molar-refractivity contribution in [3.05, 3.63) is 48.0 Å². The van der Waals surface area contributed by atoms with Crippen LogP contribution in [0.25, 0.3) is 22.4 Å². The fourth-order valence-corrected chi connectivity index (χ4v) is 2.03. The SMILES string of the molecule is Fc1ccc(OC(F)(F)F)c(F)c1-c1nc2ccccc2[nH]1. The molecule has 0 aliphatic rings. The molecular formula is C14H7F5N2O. The number of nitrogens with zero attached hydrogens (tertiary/aromatic N) is 1. The summed E-state index contributed by atoms with van der Waals surface area (Å²) in [5.41, 5.74) is 0.217. The average molecular weight is 314 g/mol. The van der Waals surface area contributed by atoms with Gasteiger partial charge in [-0.25, -0.2) is 13.8 Å². The van der Waals surface area contributed by atoms with Gasteiger partial charge in [-0.3, -0.25) is 0 Å². The number of halogens is 5. The minimum Gasteiger partial charge on any atom is -0.403 e. The molecule has 0 aliphatic heterocycles. The van der Waals surface area contributed by atoms with Crippen LogP contribution in [0, 0.1) is 11.6 Å². The Bertz CT molecular complexity index is 808. The van der Waals surface area contributed by atoms with Crippen molar-refractivity contribution >= 4 is 11.0 Å². The van der Waals surface area contributed by atoms with Gasteiger partial charge in [0.15, 0.2) is 11.6 Å². The summed E-state index contributed by atoms with van der Waals surface area (Å²) < 4.78 is 68.2. The van der Waals surface area contributed by atoms with Crippen molar-refractivity contribution in [1.82, 2.24) is 9.97 Å². The lowest BCUT2D eigenvalue weighted by Crippen LogP contribution is -2.18. The second kappa shape index (κ2) is 4.97. The predicted molar refractivity (Wildman–Crippen MR) is 68.1 cm³/mol. The first-order valence-corrected chi connectivity index (χ1v) is 6.04.